The molecule has 1 rings (SSSR count). The molecule has 0 nitrogen and oxygen atoms in total. The largest absolute Gasteiger partial charge is 0.0776 e. The number of benzene rings is 1. The fourth-order valence-corrected chi connectivity index (χ4v) is 1.61. The second-order valence-corrected chi connectivity index (χ2v) is 13.8. The van der Waals surface area contributed by atoms with Crippen molar-refractivity contribution in [3.63, 3.8) is 0 Å². The Hall–Kier alpha value is -0.780. The van der Waals surface area contributed by atoms with E-state index in [1.54, 1.807) is 0 Å². The molecule has 0 saturated carbocycles. The van der Waals surface area contributed by atoms with Gasteiger partial charge in [0.1, 0.15) is 0 Å². The first kappa shape index (κ1) is 65.0. The van der Waals surface area contributed by atoms with Gasteiger partial charge in [-0.1, -0.05) is 253 Å². The molecule has 0 heterocycles. The van der Waals surface area contributed by atoms with E-state index in [1.807, 2.05) is 32.0 Å². The summed E-state index contributed by atoms with van der Waals surface area (Å²) in [5.41, 5.74) is 1.82. The van der Waals surface area contributed by atoms with E-state index in [0.29, 0.717) is 5.41 Å². The lowest BCUT2D eigenvalue weighted by atomic mass is 10.0. The number of aryl methyl sites for hydroxylation is 1. The molecule has 0 atom stereocenters. The van der Waals surface area contributed by atoms with Crippen molar-refractivity contribution in [1.82, 2.24) is 0 Å². The maximum absolute atomic E-state index is 2.25. The van der Waals surface area contributed by atoms with Gasteiger partial charge in [-0.05, 0) is 30.1 Å². The van der Waals surface area contributed by atoms with Crippen molar-refractivity contribution in [2.45, 2.75) is 224 Å². The zero-order valence-corrected chi connectivity index (χ0v) is 34.7. The minimum atomic E-state index is 0. The van der Waals surface area contributed by atoms with Gasteiger partial charge in [-0.15, -0.1) is 0 Å². The number of hydrogen-bond acceptors (Lipinski definition) is 0. The van der Waals surface area contributed by atoms with Crippen molar-refractivity contribution >= 4 is 0 Å². The highest BCUT2D eigenvalue weighted by atomic mass is 14.0. The van der Waals surface area contributed by atoms with Gasteiger partial charge >= 0.3 is 0 Å². The SMILES string of the molecule is C.CC.CC(C)(C)C.CC(C)C.CCC.CCC(C)C.CCCC.CCCC(C)C.CCCCCC.Cc1ccccc1. The molecule has 270 valence electrons. The molecular formula is C43H98. The van der Waals surface area contributed by atoms with Crippen molar-refractivity contribution < 1.29 is 0 Å². The molecule has 0 amide bonds. The fourth-order valence-electron chi connectivity index (χ4n) is 1.61. The Morgan fingerprint density at radius 3 is 0.860 bits per heavy atom. The van der Waals surface area contributed by atoms with Gasteiger partial charge in [0.05, 0.1) is 0 Å². The predicted molar refractivity (Wildman–Crippen MR) is 216 cm³/mol. The molecule has 0 saturated heterocycles. The number of unbranched alkanes of at least 4 members (excludes halogenated alkanes) is 4. The van der Waals surface area contributed by atoms with E-state index in [4.69, 9.17) is 0 Å². The molecule has 1 aromatic carbocycles. The first-order chi connectivity index (χ1) is 19.4. The molecule has 0 spiro atoms. The van der Waals surface area contributed by atoms with Gasteiger partial charge in [0.25, 0.3) is 0 Å². The summed E-state index contributed by atoms with van der Waals surface area (Å²) in [6, 6.07) is 10.3. The summed E-state index contributed by atoms with van der Waals surface area (Å²) >= 11 is 0. The van der Waals surface area contributed by atoms with Crippen LogP contribution in [0.3, 0.4) is 0 Å². The highest BCUT2D eigenvalue weighted by Crippen LogP contribution is 2.08. The number of rotatable bonds is 7. The Morgan fingerprint density at radius 1 is 0.535 bits per heavy atom. The van der Waals surface area contributed by atoms with Crippen LogP contribution >= 0.6 is 0 Å². The lowest BCUT2D eigenvalue weighted by Gasteiger charge is -2.05. The fraction of sp³-hybridized carbons (Fsp3) is 0.860. The molecule has 0 aliphatic heterocycles. The molecule has 0 heteroatoms. The van der Waals surface area contributed by atoms with E-state index in [0.717, 1.165) is 17.8 Å². The molecule has 0 unspecified atom stereocenters. The van der Waals surface area contributed by atoms with E-state index in [9.17, 15) is 0 Å². The third kappa shape index (κ3) is 241. The van der Waals surface area contributed by atoms with E-state index >= 15 is 0 Å². The molecule has 0 aliphatic carbocycles. The van der Waals surface area contributed by atoms with Crippen LogP contribution in [0.1, 0.15) is 223 Å². The average molecular weight is 615 g/mol. The van der Waals surface area contributed by atoms with Crippen LogP contribution in [0.4, 0.5) is 0 Å². The smallest absolute Gasteiger partial charge is 0.0398 e. The summed E-state index contributed by atoms with van der Waals surface area (Å²) in [7, 11) is 0. The van der Waals surface area contributed by atoms with Gasteiger partial charge < -0.3 is 0 Å². The summed E-state index contributed by atoms with van der Waals surface area (Å²) in [5, 5.41) is 0. The molecule has 1 aromatic rings. The quantitative estimate of drug-likeness (QED) is 0.268. The number of hydrogen-bond donors (Lipinski definition) is 0. The Balaban J connectivity index is -0.0000000439. The van der Waals surface area contributed by atoms with Crippen molar-refractivity contribution in [3.8, 4) is 0 Å². The zero-order valence-electron chi connectivity index (χ0n) is 34.7. The molecule has 0 aromatic heterocycles. The zero-order chi connectivity index (χ0) is 35.4. The highest BCUT2D eigenvalue weighted by Gasteiger charge is 1.95. The van der Waals surface area contributed by atoms with Gasteiger partial charge in [0, 0.05) is 0 Å². The van der Waals surface area contributed by atoms with Crippen LogP contribution in [-0.4, -0.2) is 0 Å². The summed E-state index contributed by atoms with van der Waals surface area (Å²) < 4.78 is 0. The van der Waals surface area contributed by atoms with E-state index in [1.165, 1.54) is 69.8 Å². The summed E-state index contributed by atoms with van der Waals surface area (Å²) in [5.74, 6) is 2.62. The molecule has 0 N–H and O–H groups in total. The van der Waals surface area contributed by atoms with Crippen molar-refractivity contribution in [2.24, 2.45) is 23.2 Å². The first-order valence-corrected chi connectivity index (χ1v) is 18.4. The third-order valence-electron chi connectivity index (χ3n) is 4.08. The minimum Gasteiger partial charge on any atom is -0.0776 e. The maximum Gasteiger partial charge on any atom is -0.0398 e. The Labute approximate surface area is 282 Å². The van der Waals surface area contributed by atoms with Crippen LogP contribution in [0.15, 0.2) is 30.3 Å². The standard InChI is InChI=1S/C7H8.2C6H14.2C5H12.2C4H10.C3H8.C2H6.CH4/c1-7-5-3-2-4-6-7;1-4-5-6(2)3;1-3-5-6-4-2;1-5(2,3)4;1-4-5(2)3;1-4(2)3;1-3-4-2;1-3-2;1-2;/h2-6H,1H3;6H,4-5H2,1-3H3;3-6H2,1-2H3;1-4H3;5H,4H2,1-3H3;4H,1-3H3;3-4H2,1-2H3;3H2,1-2H3;1-2H3;1H4. The normalized spacial score (nSPS) is 8.67. The molecule has 0 aliphatic rings. The van der Waals surface area contributed by atoms with Gasteiger partial charge in [0.15, 0.2) is 0 Å². The topological polar surface area (TPSA) is 0 Å². The van der Waals surface area contributed by atoms with Gasteiger partial charge in [-0.3, -0.25) is 0 Å². The Bertz CT molecular complexity index is 418. The van der Waals surface area contributed by atoms with Crippen LogP contribution < -0.4 is 0 Å². The second-order valence-electron chi connectivity index (χ2n) is 13.8. The van der Waals surface area contributed by atoms with Crippen LogP contribution in [0.5, 0.6) is 0 Å². The van der Waals surface area contributed by atoms with Crippen molar-refractivity contribution in [3.05, 3.63) is 35.9 Å². The Kier molecular flexibility index (Phi) is 97.1. The van der Waals surface area contributed by atoms with Crippen molar-refractivity contribution in [1.29, 1.82) is 0 Å². The van der Waals surface area contributed by atoms with Crippen LogP contribution in [0, 0.1) is 30.1 Å². The lowest BCUT2D eigenvalue weighted by molar-refractivity contribution is 0.469. The van der Waals surface area contributed by atoms with Crippen molar-refractivity contribution in [2.75, 3.05) is 0 Å². The highest BCUT2D eigenvalue weighted by molar-refractivity contribution is 5.11. The van der Waals surface area contributed by atoms with E-state index in [2.05, 4.69) is 151 Å². The van der Waals surface area contributed by atoms with Crippen LogP contribution in [0.25, 0.3) is 0 Å². The molecule has 0 bridgehead atoms. The van der Waals surface area contributed by atoms with Crippen LogP contribution in [-0.2, 0) is 0 Å². The summed E-state index contributed by atoms with van der Waals surface area (Å²) in [4.78, 5) is 0. The minimum absolute atomic E-state index is 0. The third-order valence-corrected chi connectivity index (χ3v) is 4.08. The van der Waals surface area contributed by atoms with Gasteiger partial charge in [-0.2, -0.15) is 0 Å². The maximum atomic E-state index is 2.25. The van der Waals surface area contributed by atoms with Gasteiger partial charge in [0.2, 0.25) is 0 Å². The van der Waals surface area contributed by atoms with Gasteiger partial charge in [-0.25, -0.2) is 0 Å². The molecule has 43 heavy (non-hydrogen) atoms. The lowest BCUT2D eigenvalue weighted by Crippen LogP contribution is -1.93. The molecule has 0 radical (unpaired) electrons. The summed E-state index contributed by atoms with van der Waals surface area (Å²) in [6.45, 7) is 47.8. The first-order valence-electron chi connectivity index (χ1n) is 18.4. The van der Waals surface area contributed by atoms with E-state index < -0.39 is 0 Å². The second kappa shape index (κ2) is 64.2. The predicted octanol–water partition coefficient (Wildman–Crippen LogP) is 17.7. The molecule has 0 fully saturated rings. The summed E-state index contributed by atoms with van der Waals surface area (Å²) in [6.07, 6.45) is 13.4. The Morgan fingerprint density at radius 2 is 0.791 bits per heavy atom. The van der Waals surface area contributed by atoms with Crippen LogP contribution in [0.2, 0.25) is 0 Å². The van der Waals surface area contributed by atoms with E-state index in [-0.39, 0.29) is 7.43 Å². The molecular weight excluding hydrogens is 516 g/mol. The monoisotopic (exact) mass is 615 g/mol. The average Bonchev–Trinajstić information content (AvgIpc) is 2.89.